The summed E-state index contributed by atoms with van der Waals surface area (Å²) < 4.78 is 18.2. The van der Waals surface area contributed by atoms with Gasteiger partial charge in [0.1, 0.15) is 11.6 Å². The van der Waals surface area contributed by atoms with E-state index in [-0.39, 0.29) is 12.4 Å². The molecule has 0 aliphatic heterocycles. The lowest BCUT2D eigenvalue weighted by atomic mass is 10.1. The van der Waals surface area contributed by atoms with Crippen LogP contribution >= 0.6 is 0 Å². The van der Waals surface area contributed by atoms with Crippen LogP contribution in [0.1, 0.15) is 11.1 Å². The molecule has 1 aromatic rings. The van der Waals surface area contributed by atoms with Gasteiger partial charge in [0.2, 0.25) is 0 Å². The van der Waals surface area contributed by atoms with Crippen LogP contribution in [0.5, 0.6) is 5.75 Å². The molecule has 1 aromatic carbocycles. The minimum Gasteiger partial charge on any atom is -0.496 e. The molecule has 3 nitrogen and oxygen atoms in total. The highest BCUT2D eigenvalue weighted by molar-refractivity contribution is 5.37. The molecule has 0 unspecified atom stereocenters. The monoisotopic (exact) mass is 185 g/mol. The molecule has 0 fully saturated rings. The van der Waals surface area contributed by atoms with Gasteiger partial charge in [-0.2, -0.15) is 0 Å². The van der Waals surface area contributed by atoms with Gasteiger partial charge in [-0.25, -0.2) is 10.3 Å². The summed E-state index contributed by atoms with van der Waals surface area (Å²) in [4.78, 5) is 4.35. The lowest BCUT2D eigenvalue weighted by Gasteiger charge is -2.07. The fourth-order valence-electron chi connectivity index (χ4n) is 1.12. The molecule has 13 heavy (non-hydrogen) atoms. The maximum atomic E-state index is 13.2. The molecule has 0 aromatic heterocycles. The average molecular weight is 185 g/mol. The summed E-state index contributed by atoms with van der Waals surface area (Å²) in [6.07, 6.45) is 0. The van der Waals surface area contributed by atoms with E-state index in [9.17, 15) is 4.39 Å². The van der Waals surface area contributed by atoms with E-state index in [0.717, 1.165) is 5.56 Å². The first-order chi connectivity index (χ1) is 6.19. The summed E-state index contributed by atoms with van der Waals surface area (Å²) in [5, 5.41) is 0. The quantitative estimate of drug-likeness (QED) is 0.726. The van der Waals surface area contributed by atoms with Gasteiger partial charge < -0.3 is 4.74 Å². The number of rotatable bonds is 3. The van der Waals surface area contributed by atoms with Gasteiger partial charge in [0.25, 0.3) is 0 Å². The molecule has 0 bridgehead atoms. The van der Waals surface area contributed by atoms with Crippen molar-refractivity contribution >= 4 is 0 Å². The molecule has 2 N–H and O–H groups in total. The molecule has 72 valence electrons. The number of hydrogen-bond acceptors (Lipinski definition) is 3. The van der Waals surface area contributed by atoms with Gasteiger partial charge >= 0.3 is 0 Å². The van der Waals surface area contributed by atoms with E-state index >= 15 is 0 Å². The molecule has 0 aliphatic carbocycles. The zero-order valence-corrected chi connectivity index (χ0v) is 7.63. The van der Waals surface area contributed by atoms with Crippen LogP contribution in [-0.4, -0.2) is 7.11 Å². The van der Waals surface area contributed by atoms with Gasteiger partial charge in [-0.15, -0.1) is 0 Å². The summed E-state index contributed by atoms with van der Waals surface area (Å²) >= 11 is 0. The zero-order valence-electron chi connectivity index (χ0n) is 7.63. The van der Waals surface area contributed by atoms with Crippen molar-refractivity contribution in [2.45, 2.75) is 13.5 Å². The van der Waals surface area contributed by atoms with E-state index in [1.165, 1.54) is 13.2 Å². The van der Waals surface area contributed by atoms with Crippen LogP contribution in [0.15, 0.2) is 12.1 Å². The van der Waals surface area contributed by atoms with Gasteiger partial charge in [0.15, 0.2) is 0 Å². The molecule has 0 saturated carbocycles. The van der Waals surface area contributed by atoms with Gasteiger partial charge in [-0.1, -0.05) is 0 Å². The molecule has 0 aliphatic rings. The third-order valence-corrected chi connectivity index (χ3v) is 1.80. The molecular formula is C9H12FNO2. The van der Waals surface area contributed by atoms with Crippen molar-refractivity contribution < 1.29 is 14.0 Å². The number of ether oxygens (including phenoxy) is 1. The third kappa shape index (κ3) is 2.17. The standard InChI is InChI=1S/C9H12FNO2/c1-6-3-8(10)7(5-13-11)4-9(6)12-2/h3-4H,5,11H2,1-2H3. The van der Waals surface area contributed by atoms with Crippen LogP contribution in [0.3, 0.4) is 0 Å². The van der Waals surface area contributed by atoms with Crippen molar-refractivity contribution in [3.8, 4) is 5.75 Å². The second-order valence-corrected chi connectivity index (χ2v) is 2.72. The molecule has 0 heterocycles. The Bertz CT molecular complexity index is 302. The molecule has 4 heteroatoms. The van der Waals surface area contributed by atoms with E-state index in [1.54, 1.807) is 13.0 Å². The Morgan fingerprint density at radius 2 is 2.15 bits per heavy atom. The van der Waals surface area contributed by atoms with Crippen molar-refractivity contribution in [2.24, 2.45) is 5.90 Å². The van der Waals surface area contributed by atoms with Crippen LogP contribution in [0.4, 0.5) is 4.39 Å². The fourth-order valence-corrected chi connectivity index (χ4v) is 1.12. The Morgan fingerprint density at radius 3 is 2.69 bits per heavy atom. The Kier molecular flexibility index (Phi) is 3.22. The number of nitrogens with two attached hydrogens (primary N) is 1. The maximum absolute atomic E-state index is 13.2. The SMILES string of the molecule is COc1cc(CON)c(F)cc1C. The second-order valence-electron chi connectivity index (χ2n) is 2.72. The van der Waals surface area contributed by atoms with Crippen LogP contribution in [0.25, 0.3) is 0 Å². The smallest absolute Gasteiger partial charge is 0.129 e. The van der Waals surface area contributed by atoms with Gasteiger partial charge in [0, 0.05) is 5.56 Å². The topological polar surface area (TPSA) is 44.5 Å². The first-order valence-corrected chi connectivity index (χ1v) is 3.83. The number of hydrogen-bond donors (Lipinski definition) is 1. The molecule has 0 radical (unpaired) electrons. The van der Waals surface area contributed by atoms with Gasteiger partial charge in [-0.05, 0) is 24.6 Å². The first-order valence-electron chi connectivity index (χ1n) is 3.83. The van der Waals surface area contributed by atoms with Crippen LogP contribution in [0, 0.1) is 12.7 Å². The minimum atomic E-state index is -0.330. The van der Waals surface area contributed by atoms with Crippen molar-refractivity contribution in [1.82, 2.24) is 0 Å². The largest absolute Gasteiger partial charge is 0.496 e. The number of benzene rings is 1. The van der Waals surface area contributed by atoms with E-state index < -0.39 is 0 Å². The molecule has 0 atom stereocenters. The molecule has 1 rings (SSSR count). The summed E-state index contributed by atoms with van der Waals surface area (Å²) in [5.74, 6) is 5.15. The Hall–Kier alpha value is -1.13. The highest BCUT2D eigenvalue weighted by Gasteiger charge is 2.07. The average Bonchev–Trinajstić information content (AvgIpc) is 2.10. The fraction of sp³-hybridized carbons (Fsp3) is 0.333. The number of methoxy groups -OCH3 is 1. The molecule has 0 spiro atoms. The van der Waals surface area contributed by atoms with Gasteiger partial charge in [-0.3, -0.25) is 4.84 Å². The van der Waals surface area contributed by atoms with Gasteiger partial charge in [0.05, 0.1) is 13.7 Å². The number of aryl methyl sites for hydroxylation is 1. The highest BCUT2D eigenvalue weighted by Crippen LogP contribution is 2.22. The van der Waals surface area contributed by atoms with E-state index in [4.69, 9.17) is 10.6 Å². The van der Waals surface area contributed by atoms with Crippen molar-refractivity contribution in [1.29, 1.82) is 0 Å². The maximum Gasteiger partial charge on any atom is 0.129 e. The summed E-state index contributed by atoms with van der Waals surface area (Å²) in [5.41, 5.74) is 1.14. The molecule has 0 amide bonds. The number of halogens is 1. The Labute approximate surface area is 76.2 Å². The van der Waals surface area contributed by atoms with Crippen LogP contribution < -0.4 is 10.6 Å². The summed E-state index contributed by atoms with van der Waals surface area (Å²) in [7, 11) is 1.54. The molecular weight excluding hydrogens is 173 g/mol. The van der Waals surface area contributed by atoms with Crippen LogP contribution in [-0.2, 0) is 11.4 Å². The van der Waals surface area contributed by atoms with Crippen molar-refractivity contribution in [3.63, 3.8) is 0 Å². The van der Waals surface area contributed by atoms with E-state index in [1.807, 2.05) is 0 Å². The zero-order chi connectivity index (χ0) is 9.84. The molecule has 0 saturated heterocycles. The second kappa shape index (κ2) is 4.20. The van der Waals surface area contributed by atoms with Crippen molar-refractivity contribution in [2.75, 3.05) is 7.11 Å². The highest BCUT2D eigenvalue weighted by atomic mass is 19.1. The summed E-state index contributed by atoms with van der Waals surface area (Å²) in [6, 6.07) is 2.98. The minimum absolute atomic E-state index is 0.0441. The lowest BCUT2D eigenvalue weighted by molar-refractivity contribution is 0.121. The first kappa shape index (κ1) is 9.95. The summed E-state index contributed by atoms with van der Waals surface area (Å²) in [6.45, 7) is 1.82. The van der Waals surface area contributed by atoms with Crippen LogP contribution in [0.2, 0.25) is 0 Å². The predicted octanol–water partition coefficient (Wildman–Crippen LogP) is 1.53. The Balaban J connectivity index is 3.06. The third-order valence-electron chi connectivity index (χ3n) is 1.80. The predicted molar refractivity (Wildman–Crippen MR) is 46.7 cm³/mol. The van der Waals surface area contributed by atoms with Crippen molar-refractivity contribution in [3.05, 3.63) is 29.1 Å². The lowest BCUT2D eigenvalue weighted by Crippen LogP contribution is -2.02. The van der Waals surface area contributed by atoms with E-state index in [0.29, 0.717) is 11.3 Å². The Morgan fingerprint density at radius 1 is 1.46 bits per heavy atom. The van der Waals surface area contributed by atoms with E-state index in [2.05, 4.69) is 4.84 Å². The normalized spacial score (nSPS) is 10.2.